The number of aromatic nitrogens is 1. The summed E-state index contributed by atoms with van der Waals surface area (Å²) in [7, 11) is 0. The summed E-state index contributed by atoms with van der Waals surface area (Å²) in [5.41, 5.74) is 4.98. The normalized spacial score (nSPS) is 27.3. The summed E-state index contributed by atoms with van der Waals surface area (Å²) < 4.78 is 0. The lowest BCUT2D eigenvalue weighted by Gasteiger charge is -2.46. The number of amides is 2. The van der Waals surface area contributed by atoms with E-state index in [2.05, 4.69) is 66.5 Å². The van der Waals surface area contributed by atoms with E-state index in [1.807, 2.05) is 0 Å². The lowest BCUT2D eigenvalue weighted by atomic mass is 9.62. The topological polar surface area (TPSA) is 86.3 Å². The molecule has 0 spiro atoms. The first kappa shape index (κ1) is 20.7. The van der Waals surface area contributed by atoms with Gasteiger partial charge in [0.25, 0.3) is 0 Å². The van der Waals surface area contributed by atoms with Crippen LogP contribution >= 0.6 is 0 Å². The van der Waals surface area contributed by atoms with E-state index < -0.39 is 0 Å². The highest BCUT2D eigenvalue weighted by molar-refractivity contribution is 5.86. The van der Waals surface area contributed by atoms with Gasteiger partial charge in [-0.3, -0.25) is 0 Å². The van der Waals surface area contributed by atoms with Crippen LogP contribution in [0.15, 0.2) is 23.2 Å². The van der Waals surface area contributed by atoms with Crippen LogP contribution in [0.3, 0.4) is 0 Å². The van der Waals surface area contributed by atoms with Gasteiger partial charge in [0.15, 0.2) is 0 Å². The maximum atomic E-state index is 12.8. The summed E-state index contributed by atoms with van der Waals surface area (Å²) in [6.07, 6.45) is 6.08. The molecule has 1 saturated carbocycles. The fourth-order valence-corrected chi connectivity index (χ4v) is 5.98. The van der Waals surface area contributed by atoms with E-state index in [-0.39, 0.29) is 28.9 Å². The molecule has 2 aliphatic rings. The van der Waals surface area contributed by atoms with Crippen molar-refractivity contribution >= 4 is 23.0 Å². The molecule has 0 saturated heterocycles. The summed E-state index contributed by atoms with van der Waals surface area (Å²) >= 11 is 0. The molecule has 1 aromatic carbocycles. The van der Waals surface area contributed by atoms with Crippen LogP contribution in [0.4, 0.5) is 4.79 Å². The van der Waals surface area contributed by atoms with E-state index in [9.17, 15) is 9.59 Å². The second-order valence-corrected chi connectivity index (χ2v) is 10.5. The highest BCUT2D eigenvalue weighted by Gasteiger charge is 2.42. The predicted molar refractivity (Wildman–Crippen MR) is 118 cm³/mol. The molecule has 2 aromatic rings. The van der Waals surface area contributed by atoms with E-state index >= 15 is 0 Å². The first-order valence-corrected chi connectivity index (χ1v) is 10.9. The van der Waals surface area contributed by atoms with Gasteiger partial charge in [-0.1, -0.05) is 32.4 Å². The molecular formula is C24H32N4O2. The Labute approximate surface area is 177 Å². The maximum absolute atomic E-state index is 12.8. The lowest BCUT2D eigenvalue weighted by Crippen LogP contribution is -2.52. The SMILES string of the molecule is Cc1ccc2[nH]c3c(c2c1)CC(NC(=O)NC1CC(C)(C)CC(C)(CN=C=O)C1)C3. The van der Waals surface area contributed by atoms with Gasteiger partial charge in [0.1, 0.15) is 0 Å². The Kier molecular flexibility index (Phi) is 5.23. The van der Waals surface area contributed by atoms with Gasteiger partial charge in [-0.2, -0.15) is 0 Å². The molecule has 6 nitrogen and oxygen atoms in total. The minimum absolute atomic E-state index is 0.0725. The van der Waals surface area contributed by atoms with Gasteiger partial charge in [0.05, 0.1) is 6.54 Å². The number of aromatic amines is 1. The molecule has 0 bridgehead atoms. The first-order chi connectivity index (χ1) is 14.2. The lowest BCUT2D eigenvalue weighted by molar-refractivity contribution is 0.0806. The molecular weight excluding hydrogens is 376 g/mol. The third-order valence-corrected chi connectivity index (χ3v) is 6.69. The Morgan fingerprint density at radius 2 is 1.97 bits per heavy atom. The molecule has 0 aliphatic heterocycles. The Bertz CT molecular complexity index is 1020. The van der Waals surface area contributed by atoms with Crippen LogP contribution in [-0.4, -0.2) is 35.7 Å². The number of aliphatic imine (C=N–C) groups is 1. The third kappa shape index (κ3) is 4.29. The molecule has 3 atom stereocenters. The number of rotatable bonds is 4. The van der Waals surface area contributed by atoms with Crippen molar-refractivity contribution in [2.24, 2.45) is 15.8 Å². The molecule has 30 heavy (non-hydrogen) atoms. The quantitative estimate of drug-likeness (QED) is 0.524. The molecule has 2 aliphatic carbocycles. The average molecular weight is 409 g/mol. The van der Waals surface area contributed by atoms with Gasteiger partial charge in [0, 0.05) is 35.1 Å². The number of urea groups is 1. The molecule has 6 heteroatoms. The van der Waals surface area contributed by atoms with E-state index in [4.69, 9.17) is 0 Å². The summed E-state index contributed by atoms with van der Waals surface area (Å²) in [5.74, 6) is 0. The van der Waals surface area contributed by atoms with Gasteiger partial charge in [-0.05, 0) is 61.1 Å². The van der Waals surface area contributed by atoms with Gasteiger partial charge < -0.3 is 15.6 Å². The number of aryl methyl sites for hydroxylation is 1. The second kappa shape index (κ2) is 7.59. The van der Waals surface area contributed by atoms with Crippen LogP contribution in [0.25, 0.3) is 10.9 Å². The average Bonchev–Trinajstić information content (AvgIpc) is 3.15. The van der Waals surface area contributed by atoms with Crippen LogP contribution < -0.4 is 10.6 Å². The molecule has 3 N–H and O–H groups in total. The van der Waals surface area contributed by atoms with E-state index in [0.717, 1.165) is 32.1 Å². The monoisotopic (exact) mass is 408 g/mol. The summed E-state index contributed by atoms with van der Waals surface area (Å²) in [6.45, 7) is 9.16. The first-order valence-electron chi connectivity index (χ1n) is 10.9. The second-order valence-electron chi connectivity index (χ2n) is 10.5. The standard InChI is InChI=1S/C24H32N4O2/c1-15-5-6-20-18(7-15)19-8-16(9-21(19)28-20)26-22(30)27-17-10-23(2,3)12-24(4,11-17)13-25-14-29/h5-7,16-17,28H,8-13H2,1-4H3,(H2,26,27,30). The van der Waals surface area contributed by atoms with Gasteiger partial charge >= 0.3 is 6.03 Å². The van der Waals surface area contributed by atoms with Gasteiger partial charge in [-0.15, -0.1) is 0 Å². The number of benzene rings is 1. The molecule has 2 amide bonds. The minimum Gasteiger partial charge on any atom is -0.358 e. The van der Waals surface area contributed by atoms with E-state index in [1.54, 1.807) is 6.08 Å². The zero-order valence-corrected chi connectivity index (χ0v) is 18.4. The highest BCUT2D eigenvalue weighted by atomic mass is 16.2. The number of carbonyl (C=O) groups excluding carboxylic acids is 2. The molecule has 0 radical (unpaired) electrons. The molecule has 160 valence electrons. The van der Waals surface area contributed by atoms with Crippen molar-refractivity contribution in [1.82, 2.24) is 15.6 Å². The predicted octanol–water partition coefficient (Wildman–Crippen LogP) is 4.16. The van der Waals surface area contributed by atoms with Gasteiger partial charge in [-0.25, -0.2) is 14.6 Å². The van der Waals surface area contributed by atoms with Crippen LogP contribution in [0.2, 0.25) is 0 Å². The molecule has 4 rings (SSSR count). The number of hydrogen-bond donors (Lipinski definition) is 3. The van der Waals surface area contributed by atoms with Crippen molar-refractivity contribution in [3.8, 4) is 0 Å². The number of hydrogen-bond acceptors (Lipinski definition) is 3. The number of isocyanates is 1. The van der Waals surface area contributed by atoms with Crippen molar-refractivity contribution in [3.05, 3.63) is 35.0 Å². The Hall–Kier alpha value is -2.59. The fraction of sp³-hybridized carbons (Fsp3) is 0.583. The molecule has 1 aromatic heterocycles. The summed E-state index contributed by atoms with van der Waals surface area (Å²) in [6, 6.07) is 6.56. The number of nitrogens with one attached hydrogen (secondary N) is 3. The third-order valence-electron chi connectivity index (χ3n) is 6.69. The Morgan fingerprint density at radius 3 is 2.73 bits per heavy atom. The number of nitrogens with zero attached hydrogens (tertiary/aromatic N) is 1. The Balaban J connectivity index is 1.38. The fourth-order valence-electron chi connectivity index (χ4n) is 5.98. The van der Waals surface area contributed by atoms with Crippen molar-refractivity contribution in [2.75, 3.05) is 6.54 Å². The largest absolute Gasteiger partial charge is 0.358 e. The molecule has 1 heterocycles. The van der Waals surface area contributed by atoms with Crippen LogP contribution in [0.1, 0.15) is 56.9 Å². The summed E-state index contributed by atoms with van der Waals surface area (Å²) in [4.78, 5) is 30.7. The van der Waals surface area contributed by atoms with E-state index in [1.165, 1.54) is 27.7 Å². The highest BCUT2D eigenvalue weighted by Crippen LogP contribution is 2.46. The smallest absolute Gasteiger partial charge is 0.315 e. The zero-order chi connectivity index (χ0) is 21.5. The molecule has 1 fully saturated rings. The number of carbonyl (C=O) groups is 1. The van der Waals surface area contributed by atoms with E-state index in [0.29, 0.717) is 6.54 Å². The van der Waals surface area contributed by atoms with Crippen LogP contribution in [0, 0.1) is 17.8 Å². The number of H-pyrrole nitrogens is 1. The Morgan fingerprint density at radius 1 is 1.20 bits per heavy atom. The zero-order valence-electron chi connectivity index (χ0n) is 18.4. The van der Waals surface area contributed by atoms with Crippen molar-refractivity contribution in [2.45, 2.75) is 71.9 Å². The van der Waals surface area contributed by atoms with Crippen LogP contribution in [0.5, 0.6) is 0 Å². The molecule has 3 unspecified atom stereocenters. The number of fused-ring (bicyclic) bond motifs is 3. The van der Waals surface area contributed by atoms with Crippen molar-refractivity contribution in [3.63, 3.8) is 0 Å². The van der Waals surface area contributed by atoms with Crippen LogP contribution in [-0.2, 0) is 17.6 Å². The van der Waals surface area contributed by atoms with Crippen molar-refractivity contribution in [1.29, 1.82) is 0 Å². The maximum Gasteiger partial charge on any atom is 0.315 e. The van der Waals surface area contributed by atoms with Crippen molar-refractivity contribution < 1.29 is 9.59 Å². The van der Waals surface area contributed by atoms with Gasteiger partial charge in [0.2, 0.25) is 6.08 Å². The summed E-state index contributed by atoms with van der Waals surface area (Å²) in [5, 5.41) is 7.65. The minimum atomic E-state index is -0.102.